The SMILES string of the molecule is Cc1ccc(-n2nccn2)c(C(=O)N2CCON(c3ncc(C(F)(F)F)cn3)CC2)c1. The molecular weight excluding hydrogens is 415 g/mol. The van der Waals surface area contributed by atoms with Gasteiger partial charge in [-0.1, -0.05) is 11.6 Å². The summed E-state index contributed by atoms with van der Waals surface area (Å²) in [5.74, 6) is -0.228. The topological polar surface area (TPSA) is 89.3 Å². The molecule has 1 amide bonds. The smallest absolute Gasteiger partial charge is 0.334 e. The number of alkyl halides is 3. The van der Waals surface area contributed by atoms with E-state index in [1.807, 2.05) is 13.0 Å². The summed E-state index contributed by atoms with van der Waals surface area (Å²) in [6, 6.07) is 5.41. The first kappa shape index (κ1) is 20.7. The molecule has 3 aromatic rings. The van der Waals surface area contributed by atoms with Gasteiger partial charge in [-0.3, -0.25) is 9.63 Å². The van der Waals surface area contributed by atoms with Crippen LogP contribution in [0.2, 0.25) is 0 Å². The van der Waals surface area contributed by atoms with E-state index in [4.69, 9.17) is 4.84 Å². The number of amides is 1. The third-order valence-corrected chi connectivity index (χ3v) is 4.67. The molecule has 1 aliphatic rings. The number of aromatic nitrogens is 5. The molecule has 1 aliphatic heterocycles. The molecule has 1 saturated heterocycles. The Kier molecular flexibility index (Phi) is 5.55. The molecule has 0 atom stereocenters. The molecule has 0 aliphatic carbocycles. The number of rotatable bonds is 3. The summed E-state index contributed by atoms with van der Waals surface area (Å²) in [5, 5.41) is 9.50. The van der Waals surface area contributed by atoms with Crippen molar-refractivity contribution in [3.63, 3.8) is 0 Å². The third-order valence-electron chi connectivity index (χ3n) is 4.67. The molecular formula is C19H18F3N7O2. The Morgan fingerprint density at radius 2 is 1.77 bits per heavy atom. The number of anilines is 1. The van der Waals surface area contributed by atoms with E-state index in [1.165, 1.54) is 22.3 Å². The first-order chi connectivity index (χ1) is 14.8. The molecule has 0 bridgehead atoms. The maximum absolute atomic E-state index is 13.2. The molecule has 31 heavy (non-hydrogen) atoms. The molecule has 3 heterocycles. The summed E-state index contributed by atoms with van der Waals surface area (Å²) in [6.07, 6.45) is -0.0623. The van der Waals surface area contributed by atoms with Crippen molar-refractivity contribution in [2.24, 2.45) is 0 Å². The first-order valence-electron chi connectivity index (χ1n) is 9.39. The van der Waals surface area contributed by atoms with Crippen molar-refractivity contribution in [1.29, 1.82) is 0 Å². The van der Waals surface area contributed by atoms with E-state index in [9.17, 15) is 18.0 Å². The van der Waals surface area contributed by atoms with Crippen LogP contribution < -0.4 is 5.06 Å². The highest BCUT2D eigenvalue weighted by atomic mass is 19.4. The van der Waals surface area contributed by atoms with Gasteiger partial charge < -0.3 is 4.90 Å². The van der Waals surface area contributed by atoms with Crippen molar-refractivity contribution in [2.75, 3.05) is 31.3 Å². The molecule has 1 fully saturated rings. The van der Waals surface area contributed by atoms with Crippen LogP contribution in [0.3, 0.4) is 0 Å². The summed E-state index contributed by atoms with van der Waals surface area (Å²) in [4.78, 5) is 29.3. The normalized spacial score (nSPS) is 15.1. The monoisotopic (exact) mass is 433 g/mol. The largest absolute Gasteiger partial charge is 0.419 e. The molecule has 9 nitrogen and oxygen atoms in total. The minimum atomic E-state index is -4.52. The predicted molar refractivity (Wildman–Crippen MR) is 102 cm³/mol. The van der Waals surface area contributed by atoms with Gasteiger partial charge in [0.05, 0.1) is 42.4 Å². The fourth-order valence-electron chi connectivity index (χ4n) is 3.11. The van der Waals surface area contributed by atoms with Gasteiger partial charge in [-0.2, -0.15) is 28.2 Å². The molecule has 0 unspecified atom stereocenters. The van der Waals surface area contributed by atoms with E-state index in [-0.39, 0.29) is 38.1 Å². The van der Waals surface area contributed by atoms with Crippen LogP contribution in [0.4, 0.5) is 19.1 Å². The van der Waals surface area contributed by atoms with Crippen molar-refractivity contribution in [3.8, 4) is 5.69 Å². The Morgan fingerprint density at radius 3 is 2.45 bits per heavy atom. The highest BCUT2D eigenvalue weighted by Crippen LogP contribution is 2.28. The van der Waals surface area contributed by atoms with E-state index < -0.39 is 11.7 Å². The Labute approximate surface area is 175 Å². The lowest BCUT2D eigenvalue weighted by molar-refractivity contribution is -0.138. The zero-order valence-electron chi connectivity index (χ0n) is 16.5. The molecule has 0 radical (unpaired) electrons. The number of benzene rings is 1. The van der Waals surface area contributed by atoms with Crippen LogP contribution in [0, 0.1) is 6.92 Å². The van der Waals surface area contributed by atoms with Crippen LogP contribution in [-0.4, -0.2) is 62.0 Å². The van der Waals surface area contributed by atoms with E-state index >= 15 is 0 Å². The standard InChI is InChI=1S/C19H18F3N7O2/c1-13-2-3-16(29-25-4-5-26-29)15(10-13)17(30)27-6-7-28(31-9-8-27)18-23-11-14(12-24-18)19(20,21)22/h2-5,10-12H,6-9H2,1H3. The van der Waals surface area contributed by atoms with Crippen LogP contribution in [-0.2, 0) is 11.0 Å². The molecule has 162 valence electrons. The number of nitrogens with zero attached hydrogens (tertiary/aromatic N) is 7. The third kappa shape index (κ3) is 4.48. The van der Waals surface area contributed by atoms with Crippen LogP contribution >= 0.6 is 0 Å². The lowest BCUT2D eigenvalue weighted by Crippen LogP contribution is -2.36. The van der Waals surface area contributed by atoms with E-state index in [0.29, 0.717) is 23.6 Å². The second-order valence-electron chi connectivity index (χ2n) is 6.84. The minimum absolute atomic E-state index is 0.000662. The number of hydrogen-bond donors (Lipinski definition) is 0. The fourth-order valence-corrected chi connectivity index (χ4v) is 3.11. The maximum atomic E-state index is 13.2. The number of carbonyl (C=O) groups is 1. The summed E-state index contributed by atoms with van der Waals surface area (Å²) >= 11 is 0. The Morgan fingerprint density at radius 1 is 1.06 bits per heavy atom. The highest BCUT2D eigenvalue weighted by Gasteiger charge is 2.32. The quantitative estimate of drug-likeness (QED) is 0.626. The number of halogens is 3. The maximum Gasteiger partial charge on any atom is 0.419 e. The van der Waals surface area contributed by atoms with Gasteiger partial charge in [0.15, 0.2) is 0 Å². The molecule has 0 saturated carbocycles. The van der Waals surface area contributed by atoms with Crippen LogP contribution in [0.25, 0.3) is 5.69 Å². The Bertz CT molecular complexity index is 1060. The van der Waals surface area contributed by atoms with Gasteiger partial charge >= 0.3 is 6.18 Å². The van der Waals surface area contributed by atoms with Gasteiger partial charge in [-0.05, 0) is 19.1 Å². The number of hydroxylamine groups is 1. The van der Waals surface area contributed by atoms with Gasteiger partial charge in [0.25, 0.3) is 5.91 Å². The molecule has 0 spiro atoms. The summed E-state index contributed by atoms with van der Waals surface area (Å²) < 4.78 is 38.1. The number of hydrogen-bond acceptors (Lipinski definition) is 7. The van der Waals surface area contributed by atoms with Crippen molar-refractivity contribution < 1.29 is 22.8 Å². The van der Waals surface area contributed by atoms with Crippen LogP contribution in [0.15, 0.2) is 43.0 Å². The Hall–Kier alpha value is -3.54. The molecule has 0 N–H and O–H groups in total. The highest BCUT2D eigenvalue weighted by molar-refractivity contribution is 5.98. The van der Waals surface area contributed by atoms with Gasteiger partial charge in [0, 0.05) is 25.5 Å². The van der Waals surface area contributed by atoms with Gasteiger partial charge in [0.1, 0.15) is 0 Å². The average Bonchev–Trinajstić information content (AvgIpc) is 3.17. The summed E-state index contributed by atoms with van der Waals surface area (Å²) in [5.41, 5.74) is 0.955. The summed E-state index contributed by atoms with van der Waals surface area (Å²) in [6.45, 7) is 2.76. The molecule has 1 aromatic carbocycles. The zero-order valence-corrected chi connectivity index (χ0v) is 16.5. The zero-order chi connectivity index (χ0) is 22.0. The van der Waals surface area contributed by atoms with Crippen LogP contribution in [0.1, 0.15) is 21.5 Å². The summed E-state index contributed by atoms with van der Waals surface area (Å²) in [7, 11) is 0. The minimum Gasteiger partial charge on any atom is -0.334 e. The Balaban J connectivity index is 1.51. The van der Waals surface area contributed by atoms with Gasteiger partial charge in [0.2, 0.25) is 5.95 Å². The van der Waals surface area contributed by atoms with E-state index in [0.717, 1.165) is 5.56 Å². The lowest BCUT2D eigenvalue weighted by atomic mass is 10.1. The van der Waals surface area contributed by atoms with Crippen LogP contribution in [0.5, 0.6) is 0 Å². The number of aryl methyl sites for hydroxylation is 1. The average molecular weight is 433 g/mol. The van der Waals surface area contributed by atoms with Gasteiger partial charge in [-0.15, -0.1) is 0 Å². The van der Waals surface area contributed by atoms with Crippen molar-refractivity contribution >= 4 is 11.9 Å². The second-order valence-corrected chi connectivity index (χ2v) is 6.84. The second kappa shape index (κ2) is 8.30. The van der Waals surface area contributed by atoms with E-state index in [2.05, 4.69) is 20.2 Å². The lowest BCUT2D eigenvalue weighted by Gasteiger charge is -2.22. The van der Waals surface area contributed by atoms with Gasteiger partial charge in [-0.25, -0.2) is 15.0 Å². The molecule has 12 heteroatoms. The first-order valence-corrected chi connectivity index (χ1v) is 9.39. The molecule has 4 rings (SSSR count). The van der Waals surface area contributed by atoms with E-state index in [1.54, 1.807) is 17.0 Å². The molecule has 2 aromatic heterocycles. The predicted octanol–water partition coefficient (Wildman–Crippen LogP) is 2.28. The fraction of sp³-hybridized carbons (Fsp3) is 0.316. The van der Waals surface area contributed by atoms with Crippen molar-refractivity contribution in [2.45, 2.75) is 13.1 Å². The van der Waals surface area contributed by atoms with Crippen molar-refractivity contribution in [3.05, 3.63) is 59.7 Å². The number of carbonyl (C=O) groups excluding carboxylic acids is 1. The van der Waals surface area contributed by atoms with Crippen molar-refractivity contribution in [1.82, 2.24) is 29.9 Å².